The third-order valence-corrected chi connectivity index (χ3v) is 2.35. The molecule has 0 bridgehead atoms. The largest absolute Gasteiger partial charge is 0.467 e. The number of aromatic nitrogens is 1. The molecule has 1 N–H and O–H groups in total. The summed E-state index contributed by atoms with van der Waals surface area (Å²) >= 11 is 0. The molecule has 1 aromatic rings. The van der Waals surface area contributed by atoms with Gasteiger partial charge in [0.25, 0.3) is 0 Å². The van der Waals surface area contributed by atoms with Gasteiger partial charge in [-0.2, -0.15) is 0 Å². The summed E-state index contributed by atoms with van der Waals surface area (Å²) in [5.41, 5.74) is 0.0272. The van der Waals surface area contributed by atoms with E-state index in [1.165, 1.54) is 7.11 Å². The second-order valence-electron chi connectivity index (χ2n) is 3.10. The topological polar surface area (TPSA) is 51.2 Å². The van der Waals surface area contributed by atoms with Crippen LogP contribution in [0.1, 0.15) is 12.5 Å². The number of hydrogen-bond acceptors (Lipinski definition) is 4. The van der Waals surface area contributed by atoms with Gasteiger partial charge in [-0.05, 0) is 31.7 Å². The van der Waals surface area contributed by atoms with Gasteiger partial charge in [-0.25, -0.2) is 4.79 Å². The summed E-state index contributed by atoms with van der Waals surface area (Å²) in [6.07, 6.45) is 3.29. The first-order valence-corrected chi connectivity index (χ1v) is 4.33. The molecule has 0 aliphatic heterocycles. The minimum atomic E-state index is -0.808. The molecule has 0 saturated carbocycles. The van der Waals surface area contributed by atoms with Crippen LogP contribution in [0.25, 0.3) is 0 Å². The molecule has 0 saturated heterocycles. The van der Waals surface area contributed by atoms with E-state index in [0.717, 1.165) is 5.56 Å². The summed E-state index contributed by atoms with van der Waals surface area (Å²) in [6, 6.07) is 3.57. The number of nitrogens with zero attached hydrogens (tertiary/aromatic N) is 1. The Bertz CT molecular complexity index is 313. The molecule has 76 valence electrons. The van der Waals surface area contributed by atoms with Crippen molar-refractivity contribution in [2.24, 2.45) is 0 Å². The van der Waals surface area contributed by atoms with E-state index in [0.29, 0.717) is 0 Å². The van der Waals surface area contributed by atoms with Crippen molar-refractivity contribution >= 4 is 5.97 Å². The number of esters is 1. The molecule has 4 heteroatoms. The maximum Gasteiger partial charge on any atom is 0.330 e. The highest BCUT2D eigenvalue weighted by Crippen LogP contribution is 2.20. The summed E-state index contributed by atoms with van der Waals surface area (Å²) in [5.74, 6) is -0.314. The van der Waals surface area contributed by atoms with E-state index in [1.807, 2.05) is 0 Å². The lowest BCUT2D eigenvalue weighted by Crippen LogP contribution is -2.45. The lowest BCUT2D eigenvalue weighted by atomic mass is 9.93. The van der Waals surface area contributed by atoms with Crippen LogP contribution in [0, 0.1) is 0 Å². The van der Waals surface area contributed by atoms with E-state index < -0.39 is 5.54 Å². The van der Waals surface area contributed by atoms with Gasteiger partial charge in [0.2, 0.25) is 0 Å². The zero-order valence-electron chi connectivity index (χ0n) is 8.57. The highest BCUT2D eigenvalue weighted by Gasteiger charge is 2.34. The van der Waals surface area contributed by atoms with Crippen molar-refractivity contribution in [1.29, 1.82) is 0 Å². The quantitative estimate of drug-likeness (QED) is 0.719. The average molecular weight is 194 g/mol. The van der Waals surface area contributed by atoms with Crippen LogP contribution in [-0.4, -0.2) is 25.1 Å². The highest BCUT2D eigenvalue weighted by molar-refractivity contribution is 5.81. The number of carbonyl (C=O) groups excluding carboxylic acids is 1. The molecule has 0 aliphatic carbocycles. The Morgan fingerprint density at radius 3 is 2.50 bits per heavy atom. The van der Waals surface area contributed by atoms with E-state index >= 15 is 0 Å². The summed E-state index contributed by atoms with van der Waals surface area (Å²) in [7, 11) is 3.09. The lowest BCUT2D eigenvalue weighted by Gasteiger charge is -2.26. The van der Waals surface area contributed by atoms with Crippen LogP contribution in [0.3, 0.4) is 0 Å². The van der Waals surface area contributed by atoms with E-state index in [1.54, 1.807) is 38.5 Å². The van der Waals surface area contributed by atoms with Crippen LogP contribution in [0.4, 0.5) is 0 Å². The molecule has 1 rings (SSSR count). The molecular weight excluding hydrogens is 180 g/mol. The number of methoxy groups -OCH3 is 1. The van der Waals surface area contributed by atoms with Crippen molar-refractivity contribution in [3.63, 3.8) is 0 Å². The van der Waals surface area contributed by atoms with Gasteiger partial charge in [-0.15, -0.1) is 0 Å². The molecule has 1 aromatic heterocycles. The second kappa shape index (κ2) is 4.19. The van der Waals surface area contributed by atoms with Gasteiger partial charge < -0.3 is 10.1 Å². The number of pyridine rings is 1. The number of hydrogen-bond donors (Lipinski definition) is 1. The van der Waals surface area contributed by atoms with Crippen molar-refractivity contribution < 1.29 is 9.53 Å². The molecule has 0 spiro atoms. The zero-order valence-corrected chi connectivity index (χ0v) is 8.57. The van der Waals surface area contributed by atoms with E-state index in [9.17, 15) is 4.79 Å². The predicted molar refractivity (Wildman–Crippen MR) is 52.7 cm³/mol. The summed E-state index contributed by atoms with van der Waals surface area (Å²) in [5, 5.41) is 2.94. The Balaban J connectivity index is 3.08. The molecule has 4 nitrogen and oxygen atoms in total. The summed E-state index contributed by atoms with van der Waals surface area (Å²) in [6.45, 7) is 1.77. The molecule has 1 atom stereocenters. The zero-order chi connectivity index (χ0) is 10.6. The third kappa shape index (κ3) is 1.75. The smallest absolute Gasteiger partial charge is 0.330 e. The molecule has 0 unspecified atom stereocenters. The maximum atomic E-state index is 11.6. The first-order chi connectivity index (χ1) is 6.65. The average Bonchev–Trinajstić information content (AvgIpc) is 2.28. The van der Waals surface area contributed by atoms with E-state index in [4.69, 9.17) is 4.74 Å². The number of rotatable bonds is 3. The molecule has 1 heterocycles. The Labute approximate surface area is 83.3 Å². The Morgan fingerprint density at radius 2 is 2.07 bits per heavy atom. The van der Waals surface area contributed by atoms with Crippen LogP contribution < -0.4 is 5.32 Å². The fourth-order valence-corrected chi connectivity index (χ4v) is 1.25. The molecule has 0 aromatic carbocycles. The lowest BCUT2D eigenvalue weighted by molar-refractivity contribution is -0.148. The first-order valence-electron chi connectivity index (χ1n) is 4.33. The third-order valence-electron chi connectivity index (χ3n) is 2.35. The van der Waals surface area contributed by atoms with Crippen LogP contribution in [0.15, 0.2) is 24.5 Å². The molecule has 0 radical (unpaired) electrons. The van der Waals surface area contributed by atoms with Crippen molar-refractivity contribution in [2.45, 2.75) is 12.5 Å². The normalized spacial score (nSPS) is 14.5. The summed E-state index contributed by atoms with van der Waals surface area (Å²) in [4.78, 5) is 15.5. The molecule has 0 fully saturated rings. The fourth-order valence-electron chi connectivity index (χ4n) is 1.25. The second-order valence-corrected chi connectivity index (χ2v) is 3.10. The Morgan fingerprint density at radius 1 is 1.50 bits per heavy atom. The van der Waals surface area contributed by atoms with Crippen LogP contribution in [0.5, 0.6) is 0 Å². The highest BCUT2D eigenvalue weighted by atomic mass is 16.5. The van der Waals surface area contributed by atoms with Crippen molar-refractivity contribution in [1.82, 2.24) is 10.3 Å². The number of carbonyl (C=O) groups is 1. The summed E-state index contributed by atoms with van der Waals surface area (Å²) < 4.78 is 4.74. The Kier molecular flexibility index (Phi) is 3.19. The van der Waals surface area contributed by atoms with Crippen molar-refractivity contribution in [3.8, 4) is 0 Å². The monoisotopic (exact) mass is 194 g/mol. The van der Waals surface area contributed by atoms with Crippen LogP contribution >= 0.6 is 0 Å². The SMILES string of the molecule is CN[C@](C)(C(=O)OC)c1ccncc1. The van der Waals surface area contributed by atoms with Crippen LogP contribution in [0.2, 0.25) is 0 Å². The van der Waals surface area contributed by atoms with Gasteiger partial charge in [0.1, 0.15) is 5.54 Å². The van der Waals surface area contributed by atoms with E-state index in [2.05, 4.69) is 10.3 Å². The van der Waals surface area contributed by atoms with Gasteiger partial charge in [0, 0.05) is 12.4 Å². The molecule has 14 heavy (non-hydrogen) atoms. The molecule has 0 aliphatic rings. The number of ether oxygens (including phenoxy) is 1. The molecule has 0 amide bonds. The Hall–Kier alpha value is -1.42. The molecular formula is C10H14N2O2. The minimum Gasteiger partial charge on any atom is -0.467 e. The van der Waals surface area contributed by atoms with Gasteiger partial charge in [-0.1, -0.05) is 0 Å². The van der Waals surface area contributed by atoms with Gasteiger partial charge in [0.15, 0.2) is 0 Å². The van der Waals surface area contributed by atoms with Crippen molar-refractivity contribution in [2.75, 3.05) is 14.2 Å². The van der Waals surface area contributed by atoms with E-state index in [-0.39, 0.29) is 5.97 Å². The minimum absolute atomic E-state index is 0.314. The predicted octanol–water partition coefficient (Wildman–Crippen LogP) is 0.689. The first kappa shape index (κ1) is 10.7. The van der Waals surface area contributed by atoms with Gasteiger partial charge in [0.05, 0.1) is 7.11 Å². The number of nitrogens with one attached hydrogen (secondary N) is 1. The van der Waals surface area contributed by atoms with Crippen LogP contribution in [-0.2, 0) is 15.1 Å². The number of likely N-dealkylation sites (N-methyl/N-ethyl adjacent to an activating group) is 1. The maximum absolute atomic E-state index is 11.6. The van der Waals surface area contributed by atoms with Crippen molar-refractivity contribution in [3.05, 3.63) is 30.1 Å². The standard InChI is InChI=1S/C10H14N2O2/c1-10(11-2,9(13)14-3)8-4-6-12-7-5-8/h4-7,11H,1-3H3/t10-/m0/s1. The van der Waals surface area contributed by atoms with Gasteiger partial charge in [-0.3, -0.25) is 4.98 Å². The fraction of sp³-hybridized carbons (Fsp3) is 0.400. The van der Waals surface area contributed by atoms with Gasteiger partial charge >= 0.3 is 5.97 Å².